The van der Waals surface area contributed by atoms with Crippen molar-refractivity contribution in [3.8, 4) is 0 Å². The average Bonchev–Trinajstić information content (AvgIpc) is 2.71. The zero-order valence-electron chi connectivity index (χ0n) is 14.8. The third-order valence-electron chi connectivity index (χ3n) is 4.03. The number of nitro groups is 1. The van der Waals surface area contributed by atoms with Crippen LogP contribution >= 0.6 is 0 Å². The highest BCUT2D eigenvalue weighted by Crippen LogP contribution is 2.18. The number of hydrogen-bond acceptors (Lipinski definition) is 3. The van der Waals surface area contributed by atoms with Gasteiger partial charge in [-0.25, -0.2) is 4.39 Å². The molecule has 0 spiro atoms. The Morgan fingerprint density at radius 3 is 2.25 bits per heavy atom. The second-order valence-electron chi connectivity index (χ2n) is 6.03. The molecule has 0 aromatic heterocycles. The van der Waals surface area contributed by atoms with Gasteiger partial charge in [0.25, 0.3) is 5.69 Å². The first-order valence-corrected chi connectivity index (χ1v) is 8.52. The first kappa shape index (κ1) is 18.9. The van der Waals surface area contributed by atoms with E-state index in [0.29, 0.717) is 22.3 Å². The Morgan fingerprint density at radius 2 is 1.61 bits per heavy atom. The number of non-ortho nitro benzene ring substituents is 1. The Bertz CT molecular complexity index is 1050. The summed E-state index contributed by atoms with van der Waals surface area (Å²) in [5.74, 6) is -0.566. The van der Waals surface area contributed by atoms with Gasteiger partial charge in [-0.15, -0.1) is 0 Å². The van der Waals surface area contributed by atoms with Crippen LogP contribution in [0.15, 0.2) is 90.5 Å². The van der Waals surface area contributed by atoms with Crippen LogP contribution in [0.2, 0.25) is 0 Å². The van der Waals surface area contributed by atoms with E-state index in [1.165, 1.54) is 24.3 Å². The number of hydrogen-bond donors (Lipinski definition) is 0. The van der Waals surface area contributed by atoms with E-state index in [2.05, 4.69) is 0 Å². The second-order valence-corrected chi connectivity index (χ2v) is 6.03. The SMILES string of the molecule is O=C(C(=Cc1ccc([N+](=O)[O-])cc1)/C=C/c1cccc(F)c1)c1ccccc1. The molecule has 0 heterocycles. The summed E-state index contributed by atoms with van der Waals surface area (Å²) >= 11 is 0. The fraction of sp³-hybridized carbons (Fsp3) is 0. The van der Waals surface area contributed by atoms with Crippen LogP contribution in [-0.4, -0.2) is 10.7 Å². The Morgan fingerprint density at radius 1 is 0.893 bits per heavy atom. The van der Waals surface area contributed by atoms with E-state index in [1.54, 1.807) is 66.8 Å². The van der Waals surface area contributed by atoms with E-state index in [1.807, 2.05) is 6.07 Å². The number of Topliss-reactive ketones (excluding diaryl/α,β-unsaturated/α-hetero) is 1. The lowest BCUT2D eigenvalue weighted by Crippen LogP contribution is -2.01. The van der Waals surface area contributed by atoms with Gasteiger partial charge in [-0.1, -0.05) is 54.6 Å². The number of nitrogens with zero attached hydrogens (tertiary/aromatic N) is 1. The van der Waals surface area contributed by atoms with Crippen LogP contribution in [0.5, 0.6) is 0 Å². The Labute approximate surface area is 161 Å². The van der Waals surface area contributed by atoms with Crippen molar-refractivity contribution in [2.75, 3.05) is 0 Å². The van der Waals surface area contributed by atoms with Gasteiger partial charge in [0.2, 0.25) is 0 Å². The molecule has 0 aliphatic carbocycles. The summed E-state index contributed by atoms with van der Waals surface area (Å²) in [6, 6.07) is 20.7. The number of halogens is 1. The molecular formula is C23H16FNO3. The quantitative estimate of drug-likeness (QED) is 0.183. The Hall–Kier alpha value is -3.86. The Kier molecular flexibility index (Phi) is 5.87. The fourth-order valence-corrected chi connectivity index (χ4v) is 2.61. The maximum Gasteiger partial charge on any atom is 0.269 e. The van der Waals surface area contributed by atoms with Gasteiger partial charge < -0.3 is 0 Å². The highest BCUT2D eigenvalue weighted by molar-refractivity contribution is 6.13. The summed E-state index contributed by atoms with van der Waals surface area (Å²) in [5, 5.41) is 10.8. The van der Waals surface area contributed by atoms with E-state index in [9.17, 15) is 19.3 Å². The smallest absolute Gasteiger partial charge is 0.269 e. The van der Waals surface area contributed by atoms with E-state index in [-0.39, 0.29) is 17.3 Å². The lowest BCUT2D eigenvalue weighted by Gasteiger charge is -2.04. The van der Waals surface area contributed by atoms with Gasteiger partial charge in [0.05, 0.1) is 4.92 Å². The summed E-state index contributed by atoms with van der Waals surface area (Å²) in [6.07, 6.45) is 4.92. The molecule has 0 aliphatic heterocycles. The van der Waals surface area contributed by atoms with Crippen LogP contribution in [0.25, 0.3) is 12.2 Å². The van der Waals surface area contributed by atoms with Crippen molar-refractivity contribution in [1.29, 1.82) is 0 Å². The molecule has 28 heavy (non-hydrogen) atoms. The molecule has 0 amide bonds. The second kappa shape index (κ2) is 8.68. The first-order valence-electron chi connectivity index (χ1n) is 8.52. The number of allylic oxidation sites excluding steroid dienone is 2. The van der Waals surface area contributed by atoms with Crippen molar-refractivity contribution in [1.82, 2.24) is 0 Å². The van der Waals surface area contributed by atoms with Gasteiger partial charge in [-0.2, -0.15) is 0 Å². The van der Waals surface area contributed by atoms with E-state index in [0.717, 1.165) is 0 Å². The van der Waals surface area contributed by atoms with Crippen LogP contribution in [0, 0.1) is 15.9 Å². The largest absolute Gasteiger partial charge is 0.289 e. The zero-order valence-corrected chi connectivity index (χ0v) is 14.8. The van der Waals surface area contributed by atoms with E-state index < -0.39 is 4.92 Å². The average molecular weight is 373 g/mol. The summed E-state index contributed by atoms with van der Waals surface area (Å²) in [7, 11) is 0. The molecule has 0 atom stereocenters. The van der Waals surface area contributed by atoms with Gasteiger partial charge in [0.15, 0.2) is 5.78 Å². The van der Waals surface area contributed by atoms with Crippen molar-refractivity contribution >= 4 is 23.6 Å². The molecule has 138 valence electrons. The van der Waals surface area contributed by atoms with Crippen molar-refractivity contribution in [2.45, 2.75) is 0 Å². The molecule has 3 rings (SSSR count). The topological polar surface area (TPSA) is 60.2 Å². The van der Waals surface area contributed by atoms with Crippen LogP contribution in [0.3, 0.4) is 0 Å². The third kappa shape index (κ3) is 4.86. The standard InChI is InChI=1S/C23H16FNO3/c24-21-8-4-5-17(16-21)9-12-20(23(26)19-6-2-1-3-7-19)15-18-10-13-22(14-11-18)25(27)28/h1-16H/b12-9+,20-15?. The molecule has 0 unspecified atom stereocenters. The molecule has 0 N–H and O–H groups in total. The maximum absolute atomic E-state index is 13.4. The van der Waals surface area contributed by atoms with Crippen LogP contribution in [0.1, 0.15) is 21.5 Å². The van der Waals surface area contributed by atoms with Crippen LogP contribution < -0.4 is 0 Å². The molecule has 3 aromatic rings. The molecule has 5 heteroatoms. The molecule has 0 saturated heterocycles. The van der Waals surface area contributed by atoms with Crippen LogP contribution in [0.4, 0.5) is 10.1 Å². The van der Waals surface area contributed by atoms with E-state index >= 15 is 0 Å². The summed E-state index contributed by atoms with van der Waals surface area (Å²) in [4.78, 5) is 23.2. The van der Waals surface area contributed by atoms with Crippen molar-refractivity contribution in [2.24, 2.45) is 0 Å². The predicted octanol–water partition coefficient (Wildman–Crippen LogP) is 5.71. The number of nitro benzene ring substituents is 1. The molecule has 0 radical (unpaired) electrons. The minimum absolute atomic E-state index is 0.0246. The minimum atomic E-state index is -0.479. The molecule has 0 aliphatic rings. The molecule has 0 saturated carbocycles. The molecule has 4 nitrogen and oxygen atoms in total. The molecular weight excluding hydrogens is 357 g/mol. The minimum Gasteiger partial charge on any atom is -0.289 e. The number of rotatable bonds is 6. The highest BCUT2D eigenvalue weighted by Gasteiger charge is 2.10. The number of carbonyl (C=O) groups is 1. The zero-order chi connectivity index (χ0) is 19.9. The fourth-order valence-electron chi connectivity index (χ4n) is 2.61. The summed E-state index contributed by atoms with van der Waals surface area (Å²) in [6.45, 7) is 0. The highest BCUT2D eigenvalue weighted by atomic mass is 19.1. The Balaban J connectivity index is 1.98. The van der Waals surface area contributed by atoms with Gasteiger partial charge >= 0.3 is 0 Å². The monoisotopic (exact) mass is 373 g/mol. The third-order valence-corrected chi connectivity index (χ3v) is 4.03. The van der Waals surface area contributed by atoms with Gasteiger partial charge in [-0.05, 0) is 41.5 Å². The van der Waals surface area contributed by atoms with Crippen molar-refractivity contribution < 1.29 is 14.1 Å². The normalized spacial score (nSPS) is 11.5. The van der Waals surface area contributed by atoms with Crippen molar-refractivity contribution in [3.05, 3.63) is 123 Å². The number of benzene rings is 3. The van der Waals surface area contributed by atoms with Crippen LogP contribution in [-0.2, 0) is 0 Å². The molecule has 3 aromatic carbocycles. The lowest BCUT2D eigenvalue weighted by atomic mass is 9.99. The van der Waals surface area contributed by atoms with Crippen molar-refractivity contribution in [3.63, 3.8) is 0 Å². The van der Waals surface area contributed by atoms with Gasteiger partial charge in [0.1, 0.15) is 5.82 Å². The summed E-state index contributed by atoms with van der Waals surface area (Å²) < 4.78 is 13.4. The molecule has 0 bridgehead atoms. The van der Waals surface area contributed by atoms with Gasteiger partial charge in [0, 0.05) is 23.3 Å². The predicted molar refractivity (Wildman–Crippen MR) is 107 cm³/mol. The number of ketones is 1. The lowest BCUT2D eigenvalue weighted by molar-refractivity contribution is -0.384. The first-order chi connectivity index (χ1) is 13.5. The van der Waals surface area contributed by atoms with E-state index in [4.69, 9.17) is 0 Å². The summed E-state index contributed by atoms with van der Waals surface area (Å²) in [5.41, 5.74) is 2.14. The number of carbonyl (C=O) groups excluding carboxylic acids is 1. The van der Waals surface area contributed by atoms with Gasteiger partial charge in [-0.3, -0.25) is 14.9 Å². The maximum atomic E-state index is 13.4. The molecule has 0 fully saturated rings.